The Hall–Kier alpha value is -1.06. The monoisotopic (exact) mass is 251 g/mol. The van der Waals surface area contributed by atoms with Gasteiger partial charge in [0.1, 0.15) is 12.1 Å². The fraction of sp³-hybridized carbons (Fsp3) is 0.500. The molecule has 0 saturated carbocycles. The minimum Gasteiger partial charge on any atom is -0.465 e. The van der Waals surface area contributed by atoms with Gasteiger partial charge in [0.2, 0.25) is 4.34 Å². The van der Waals surface area contributed by atoms with Crippen LogP contribution in [0.15, 0.2) is 9.85 Å². The van der Waals surface area contributed by atoms with Gasteiger partial charge in [-0.05, 0) is 6.92 Å². The first-order valence-electron chi connectivity index (χ1n) is 3.97. The van der Waals surface area contributed by atoms with Gasteiger partial charge < -0.3 is 4.74 Å². The molecule has 0 bridgehead atoms. The zero-order valence-electron chi connectivity index (χ0n) is 7.84. The average Bonchev–Trinajstić information content (AvgIpc) is 2.69. The predicted molar refractivity (Wildman–Crippen MR) is 51.7 cm³/mol. The molecule has 0 fully saturated rings. The molecule has 0 spiro atoms. The van der Waals surface area contributed by atoms with Gasteiger partial charge in [-0.2, -0.15) is 4.72 Å². The van der Waals surface area contributed by atoms with Crippen molar-refractivity contribution in [3.63, 3.8) is 0 Å². The van der Waals surface area contributed by atoms with Gasteiger partial charge in [0, 0.05) is 0 Å². The molecule has 0 amide bonds. The first-order valence-corrected chi connectivity index (χ1v) is 6.34. The number of nitrogens with zero attached hydrogens (tertiary/aromatic N) is 2. The molecule has 1 aromatic rings. The number of ether oxygens (including phenoxy) is 1. The van der Waals surface area contributed by atoms with E-state index in [1.165, 1.54) is 5.51 Å². The van der Waals surface area contributed by atoms with Gasteiger partial charge in [-0.1, -0.05) is 11.3 Å². The van der Waals surface area contributed by atoms with Gasteiger partial charge in [0.15, 0.2) is 0 Å². The second kappa shape index (κ2) is 5.14. The molecule has 15 heavy (non-hydrogen) atoms. The summed E-state index contributed by atoms with van der Waals surface area (Å²) in [6.45, 7) is 1.44. The maximum absolute atomic E-state index is 11.4. The Morgan fingerprint density at radius 1 is 1.67 bits per heavy atom. The molecule has 1 aromatic heterocycles. The van der Waals surface area contributed by atoms with Crippen LogP contribution in [0.3, 0.4) is 0 Å². The van der Waals surface area contributed by atoms with Crippen molar-refractivity contribution in [2.45, 2.75) is 11.3 Å². The van der Waals surface area contributed by atoms with E-state index in [1.807, 2.05) is 0 Å². The second-order valence-corrected chi connectivity index (χ2v) is 5.11. The highest BCUT2D eigenvalue weighted by molar-refractivity contribution is 7.91. The summed E-state index contributed by atoms with van der Waals surface area (Å²) in [7, 11) is -3.74. The summed E-state index contributed by atoms with van der Waals surface area (Å²) < 4.78 is 29.2. The van der Waals surface area contributed by atoms with Crippen LogP contribution in [0.1, 0.15) is 6.92 Å². The van der Waals surface area contributed by atoms with E-state index in [9.17, 15) is 13.2 Å². The zero-order valence-corrected chi connectivity index (χ0v) is 9.47. The van der Waals surface area contributed by atoms with Crippen molar-refractivity contribution in [3.05, 3.63) is 5.51 Å². The van der Waals surface area contributed by atoms with Crippen molar-refractivity contribution in [1.82, 2.24) is 14.9 Å². The Morgan fingerprint density at radius 3 is 2.93 bits per heavy atom. The summed E-state index contributed by atoms with van der Waals surface area (Å²) in [5.41, 5.74) is 1.29. The van der Waals surface area contributed by atoms with Crippen LogP contribution in [0.25, 0.3) is 0 Å². The predicted octanol–water partition coefficient (Wildman–Crippen LogP) is -0.620. The standard InChI is InChI=1S/C6H9N3O4S2/c1-2-13-5(10)3-8-15(11,12)6-9-7-4-14-6/h4,8H,2-3H2,1H3. The molecule has 0 aromatic carbocycles. The number of carbonyl (C=O) groups excluding carboxylic acids is 1. The van der Waals surface area contributed by atoms with E-state index in [-0.39, 0.29) is 10.9 Å². The maximum atomic E-state index is 11.4. The molecule has 0 unspecified atom stereocenters. The summed E-state index contributed by atoms with van der Waals surface area (Å²) in [5.74, 6) is -0.634. The van der Waals surface area contributed by atoms with Gasteiger partial charge in [-0.15, -0.1) is 10.2 Å². The largest absolute Gasteiger partial charge is 0.465 e. The molecular formula is C6H9N3O4S2. The Balaban J connectivity index is 2.55. The first kappa shape index (κ1) is 12.0. The van der Waals surface area contributed by atoms with Gasteiger partial charge in [0.05, 0.1) is 6.61 Å². The van der Waals surface area contributed by atoms with Crippen LogP contribution in [0.5, 0.6) is 0 Å². The lowest BCUT2D eigenvalue weighted by atomic mass is 10.7. The van der Waals surface area contributed by atoms with Crippen LogP contribution in [-0.2, 0) is 19.6 Å². The fourth-order valence-electron chi connectivity index (χ4n) is 0.708. The molecule has 1 N–H and O–H groups in total. The fourth-order valence-corrected chi connectivity index (χ4v) is 2.39. The minimum absolute atomic E-state index is 0.174. The third kappa shape index (κ3) is 3.53. The molecule has 1 rings (SSSR count). The van der Waals surface area contributed by atoms with E-state index in [1.54, 1.807) is 6.92 Å². The molecule has 0 aliphatic rings. The summed E-state index contributed by atoms with van der Waals surface area (Å²) in [6, 6.07) is 0. The third-order valence-corrected chi connectivity index (χ3v) is 3.78. The van der Waals surface area contributed by atoms with Crippen molar-refractivity contribution >= 4 is 27.3 Å². The van der Waals surface area contributed by atoms with Gasteiger partial charge in [-0.25, -0.2) is 8.42 Å². The van der Waals surface area contributed by atoms with E-state index < -0.39 is 22.5 Å². The number of esters is 1. The van der Waals surface area contributed by atoms with E-state index in [0.29, 0.717) is 0 Å². The number of nitrogens with one attached hydrogen (secondary N) is 1. The lowest BCUT2D eigenvalue weighted by molar-refractivity contribution is -0.141. The molecule has 0 aliphatic heterocycles. The molecule has 7 nitrogen and oxygen atoms in total. The normalized spacial score (nSPS) is 11.3. The molecule has 9 heteroatoms. The van der Waals surface area contributed by atoms with Gasteiger partial charge >= 0.3 is 5.97 Å². The van der Waals surface area contributed by atoms with Crippen LogP contribution < -0.4 is 4.72 Å². The van der Waals surface area contributed by atoms with E-state index >= 15 is 0 Å². The smallest absolute Gasteiger partial charge is 0.321 e. The van der Waals surface area contributed by atoms with Crippen molar-refractivity contribution in [1.29, 1.82) is 0 Å². The second-order valence-electron chi connectivity index (χ2n) is 2.33. The molecular weight excluding hydrogens is 242 g/mol. The topological polar surface area (TPSA) is 98.2 Å². The average molecular weight is 251 g/mol. The van der Waals surface area contributed by atoms with Crippen molar-refractivity contribution in [3.8, 4) is 0 Å². The van der Waals surface area contributed by atoms with Crippen LogP contribution in [0, 0.1) is 0 Å². The number of hydrogen-bond acceptors (Lipinski definition) is 7. The van der Waals surface area contributed by atoms with Crippen LogP contribution in [0.4, 0.5) is 0 Å². The van der Waals surface area contributed by atoms with Crippen molar-refractivity contribution in [2.24, 2.45) is 0 Å². The lowest BCUT2D eigenvalue weighted by Crippen LogP contribution is -2.30. The Morgan fingerprint density at radius 2 is 2.40 bits per heavy atom. The van der Waals surface area contributed by atoms with Crippen molar-refractivity contribution < 1.29 is 17.9 Å². The molecule has 1 heterocycles. The highest BCUT2D eigenvalue weighted by Crippen LogP contribution is 2.08. The summed E-state index contributed by atoms with van der Waals surface area (Å²) in [4.78, 5) is 10.9. The SMILES string of the molecule is CCOC(=O)CNS(=O)(=O)c1nncs1. The molecule has 0 atom stereocenters. The minimum atomic E-state index is -3.74. The Bertz CT molecular complexity index is 414. The zero-order chi connectivity index (χ0) is 11.3. The Kier molecular flexibility index (Phi) is 4.12. The van der Waals surface area contributed by atoms with Crippen LogP contribution in [-0.4, -0.2) is 37.7 Å². The third-order valence-electron chi connectivity index (χ3n) is 1.28. The van der Waals surface area contributed by atoms with Crippen LogP contribution >= 0.6 is 11.3 Å². The van der Waals surface area contributed by atoms with Gasteiger partial charge in [0.25, 0.3) is 10.0 Å². The quantitative estimate of drug-likeness (QED) is 0.700. The number of carbonyl (C=O) groups is 1. The van der Waals surface area contributed by atoms with E-state index in [0.717, 1.165) is 11.3 Å². The Labute approximate surface area is 90.5 Å². The summed E-state index contributed by atoms with van der Waals surface area (Å²) in [5, 5.41) is 6.76. The molecule has 0 saturated heterocycles. The lowest BCUT2D eigenvalue weighted by Gasteiger charge is -2.02. The molecule has 0 radical (unpaired) electrons. The van der Waals surface area contributed by atoms with E-state index in [2.05, 4.69) is 19.7 Å². The highest BCUT2D eigenvalue weighted by atomic mass is 32.2. The van der Waals surface area contributed by atoms with Crippen LogP contribution in [0.2, 0.25) is 0 Å². The number of aromatic nitrogens is 2. The molecule has 0 aliphatic carbocycles. The van der Waals surface area contributed by atoms with E-state index in [4.69, 9.17) is 0 Å². The number of hydrogen-bond donors (Lipinski definition) is 1. The maximum Gasteiger partial charge on any atom is 0.321 e. The number of sulfonamides is 1. The summed E-state index contributed by atoms with van der Waals surface area (Å²) in [6.07, 6.45) is 0. The highest BCUT2D eigenvalue weighted by Gasteiger charge is 2.18. The molecule has 84 valence electrons. The van der Waals surface area contributed by atoms with Gasteiger partial charge in [-0.3, -0.25) is 4.79 Å². The summed E-state index contributed by atoms with van der Waals surface area (Å²) >= 11 is 0.870. The number of rotatable bonds is 5. The van der Waals surface area contributed by atoms with Crippen molar-refractivity contribution in [2.75, 3.05) is 13.2 Å². The first-order chi connectivity index (χ1) is 7.06.